The molecule has 0 aliphatic heterocycles. The van der Waals surface area contributed by atoms with Crippen molar-refractivity contribution in [3.05, 3.63) is 27.3 Å². The first-order chi connectivity index (χ1) is 11.1. The van der Waals surface area contributed by atoms with Crippen molar-refractivity contribution in [1.29, 1.82) is 0 Å². The predicted molar refractivity (Wildman–Crippen MR) is 98.2 cm³/mol. The number of rotatable bonds is 9. The van der Waals surface area contributed by atoms with Gasteiger partial charge in [0.05, 0.1) is 11.7 Å². The minimum atomic E-state index is -0.0604. The number of fused-ring (bicyclic) bond motifs is 1. The Bertz CT molecular complexity index is 645. The number of hydrogen-bond donors (Lipinski definition) is 0. The molecule has 0 N–H and O–H groups in total. The highest BCUT2D eigenvalue weighted by molar-refractivity contribution is 9.10. The van der Waals surface area contributed by atoms with E-state index in [4.69, 9.17) is 21.1 Å². The zero-order chi connectivity index (χ0) is 16.8. The average molecular weight is 404 g/mol. The molecule has 2 rings (SSSR count). The molecule has 0 radical (unpaired) electrons. The van der Waals surface area contributed by atoms with E-state index in [0.29, 0.717) is 0 Å². The van der Waals surface area contributed by atoms with Gasteiger partial charge in [0.25, 0.3) is 0 Å². The first-order valence-corrected chi connectivity index (χ1v) is 9.16. The Morgan fingerprint density at radius 3 is 2.78 bits per heavy atom. The van der Waals surface area contributed by atoms with Gasteiger partial charge in [-0.1, -0.05) is 24.9 Å². The van der Waals surface area contributed by atoms with Crippen LogP contribution in [0.25, 0.3) is 10.9 Å². The van der Waals surface area contributed by atoms with E-state index in [2.05, 4.69) is 28.0 Å². The molecule has 1 heterocycles. The summed E-state index contributed by atoms with van der Waals surface area (Å²) in [6.07, 6.45) is 6.80. The van der Waals surface area contributed by atoms with Crippen LogP contribution in [0.15, 0.2) is 16.7 Å². The molecule has 128 valence electrons. The van der Waals surface area contributed by atoms with Gasteiger partial charge in [0.2, 0.25) is 0 Å². The highest BCUT2D eigenvalue weighted by Crippen LogP contribution is 2.35. The second-order valence-corrected chi connectivity index (χ2v) is 6.80. The summed E-state index contributed by atoms with van der Waals surface area (Å²) in [6, 6.07) is 1.99. The van der Waals surface area contributed by atoms with Gasteiger partial charge in [0.15, 0.2) is 0 Å². The summed E-state index contributed by atoms with van der Waals surface area (Å²) in [7, 11) is 3.44. The molecule has 1 aromatic carbocycles. The molecule has 0 amide bonds. The van der Waals surface area contributed by atoms with Crippen molar-refractivity contribution in [3.8, 4) is 0 Å². The fourth-order valence-corrected chi connectivity index (χ4v) is 3.85. The van der Waals surface area contributed by atoms with E-state index in [1.54, 1.807) is 14.2 Å². The van der Waals surface area contributed by atoms with Crippen LogP contribution in [-0.4, -0.2) is 30.6 Å². The Hall–Kier alpha value is -0.620. The van der Waals surface area contributed by atoms with Crippen LogP contribution in [0.2, 0.25) is 5.02 Å². The predicted octanol–water partition coefficient (Wildman–Crippen LogP) is 5.37. The Labute approximate surface area is 151 Å². The molecule has 6 heteroatoms. The molecule has 4 nitrogen and oxygen atoms in total. The van der Waals surface area contributed by atoms with Crippen molar-refractivity contribution >= 4 is 38.4 Å². The lowest BCUT2D eigenvalue weighted by molar-refractivity contribution is 0.0288. The van der Waals surface area contributed by atoms with E-state index in [1.807, 2.05) is 16.9 Å². The van der Waals surface area contributed by atoms with Crippen LogP contribution in [0.4, 0.5) is 0 Å². The maximum atomic E-state index is 6.52. The number of methoxy groups -OCH3 is 2. The summed E-state index contributed by atoms with van der Waals surface area (Å²) >= 11 is 10.2. The maximum absolute atomic E-state index is 6.52. The molecule has 0 saturated heterocycles. The first-order valence-electron chi connectivity index (χ1n) is 7.99. The topological polar surface area (TPSA) is 36.3 Å². The minimum Gasteiger partial charge on any atom is -0.385 e. The number of unbranched alkanes of at least 4 members (excludes halogenated alkanes) is 1. The summed E-state index contributed by atoms with van der Waals surface area (Å²) < 4.78 is 13.7. The number of aromatic nitrogens is 2. The van der Waals surface area contributed by atoms with Gasteiger partial charge in [0, 0.05) is 35.7 Å². The lowest BCUT2D eigenvalue weighted by Crippen LogP contribution is -2.12. The number of halogens is 2. The molecule has 0 bridgehead atoms. The van der Waals surface area contributed by atoms with Crippen LogP contribution >= 0.6 is 27.5 Å². The monoisotopic (exact) mass is 402 g/mol. The van der Waals surface area contributed by atoms with Crippen molar-refractivity contribution in [2.45, 2.75) is 45.3 Å². The van der Waals surface area contributed by atoms with Gasteiger partial charge in [-0.25, -0.2) is 4.68 Å². The molecule has 0 spiro atoms. The third-order valence-electron chi connectivity index (χ3n) is 4.01. The van der Waals surface area contributed by atoms with Crippen molar-refractivity contribution in [2.75, 3.05) is 20.8 Å². The molecule has 23 heavy (non-hydrogen) atoms. The number of ether oxygens (including phenoxy) is 2. The molecular weight excluding hydrogens is 380 g/mol. The number of hydrogen-bond acceptors (Lipinski definition) is 3. The van der Waals surface area contributed by atoms with Crippen LogP contribution in [-0.2, 0) is 15.9 Å². The van der Waals surface area contributed by atoms with Gasteiger partial charge < -0.3 is 9.47 Å². The zero-order valence-electron chi connectivity index (χ0n) is 13.9. The van der Waals surface area contributed by atoms with E-state index in [0.717, 1.165) is 64.7 Å². The molecule has 0 fully saturated rings. The van der Waals surface area contributed by atoms with E-state index in [1.165, 1.54) is 0 Å². The third-order valence-corrected chi connectivity index (χ3v) is 5.25. The van der Waals surface area contributed by atoms with Crippen LogP contribution in [0.1, 0.15) is 44.4 Å². The molecule has 0 saturated carbocycles. The normalized spacial score (nSPS) is 12.9. The van der Waals surface area contributed by atoms with Gasteiger partial charge in [-0.2, -0.15) is 5.10 Å². The van der Waals surface area contributed by atoms with E-state index < -0.39 is 0 Å². The Balaban J connectivity index is 2.37. The SMILES string of the molecule is CCCCC(OC)n1ncc2c(Br)c(CCCOC)c(Cl)cc21. The van der Waals surface area contributed by atoms with Crippen LogP contribution in [0.3, 0.4) is 0 Å². The highest BCUT2D eigenvalue weighted by Gasteiger charge is 2.18. The van der Waals surface area contributed by atoms with Gasteiger partial charge in [-0.15, -0.1) is 0 Å². The number of benzene rings is 1. The average Bonchev–Trinajstić information content (AvgIpc) is 2.95. The molecule has 1 aromatic heterocycles. The molecular formula is C17H24BrClN2O2. The van der Waals surface area contributed by atoms with Crippen LogP contribution in [0.5, 0.6) is 0 Å². The summed E-state index contributed by atoms with van der Waals surface area (Å²) in [5.74, 6) is 0. The summed E-state index contributed by atoms with van der Waals surface area (Å²) in [4.78, 5) is 0. The van der Waals surface area contributed by atoms with Crippen LogP contribution < -0.4 is 0 Å². The minimum absolute atomic E-state index is 0.0604. The second kappa shape index (κ2) is 9.02. The van der Waals surface area contributed by atoms with Gasteiger partial charge in [0.1, 0.15) is 6.23 Å². The molecule has 0 aliphatic carbocycles. The fraction of sp³-hybridized carbons (Fsp3) is 0.588. The van der Waals surface area contributed by atoms with Crippen molar-refractivity contribution in [2.24, 2.45) is 0 Å². The first kappa shape index (κ1) is 18.7. The molecule has 0 aliphatic rings. The van der Waals surface area contributed by atoms with Crippen molar-refractivity contribution < 1.29 is 9.47 Å². The fourth-order valence-electron chi connectivity index (χ4n) is 2.73. The Morgan fingerprint density at radius 2 is 2.13 bits per heavy atom. The smallest absolute Gasteiger partial charge is 0.150 e. The van der Waals surface area contributed by atoms with Crippen molar-refractivity contribution in [1.82, 2.24) is 9.78 Å². The van der Waals surface area contributed by atoms with E-state index in [9.17, 15) is 0 Å². The largest absolute Gasteiger partial charge is 0.385 e. The van der Waals surface area contributed by atoms with Crippen molar-refractivity contribution in [3.63, 3.8) is 0 Å². The lowest BCUT2D eigenvalue weighted by atomic mass is 10.1. The maximum Gasteiger partial charge on any atom is 0.150 e. The number of nitrogens with zero attached hydrogens (tertiary/aromatic N) is 2. The standard InChI is InChI=1S/C17H24BrClN2O2/c1-4-5-8-16(23-3)21-15-10-14(19)12(7-6-9-22-2)17(18)13(15)11-20-21/h10-11,16H,4-9H2,1-3H3. The zero-order valence-corrected chi connectivity index (χ0v) is 16.3. The van der Waals surface area contributed by atoms with E-state index >= 15 is 0 Å². The van der Waals surface area contributed by atoms with Gasteiger partial charge >= 0.3 is 0 Å². The molecule has 1 unspecified atom stereocenters. The van der Waals surface area contributed by atoms with Crippen LogP contribution in [0, 0.1) is 0 Å². The quantitative estimate of drug-likeness (QED) is 0.528. The third kappa shape index (κ3) is 4.27. The van der Waals surface area contributed by atoms with E-state index in [-0.39, 0.29) is 6.23 Å². The Kier molecular flexibility index (Phi) is 7.34. The molecule has 1 atom stereocenters. The highest BCUT2D eigenvalue weighted by atomic mass is 79.9. The van der Waals surface area contributed by atoms with Gasteiger partial charge in [-0.3, -0.25) is 0 Å². The Morgan fingerprint density at radius 1 is 1.35 bits per heavy atom. The molecule has 2 aromatic rings. The van der Waals surface area contributed by atoms with Gasteiger partial charge in [-0.05, 0) is 53.2 Å². The summed E-state index contributed by atoms with van der Waals surface area (Å²) in [5, 5.41) is 6.36. The second-order valence-electron chi connectivity index (χ2n) is 5.60. The lowest BCUT2D eigenvalue weighted by Gasteiger charge is -2.17. The summed E-state index contributed by atoms with van der Waals surface area (Å²) in [5.41, 5.74) is 2.11. The summed E-state index contributed by atoms with van der Waals surface area (Å²) in [6.45, 7) is 2.90.